The fourth-order valence-corrected chi connectivity index (χ4v) is 7.18. The second kappa shape index (κ2) is 13.3. The van der Waals surface area contributed by atoms with Crippen molar-refractivity contribution < 1.29 is 19.0 Å². The summed E-state index contributed by atoms with van der Waals surface area (Å²) in [6.45, 7) is 4.85. The number of nitrogens with zero attached hydrogens (tertiary/aromatic N) is 1. The standard InChI is InChI=1S/C28H36N2O4S2/c1-3-33-26(31)9-12-28(13-17-36-27-8-5-16-35-27)20-29-14-10-21(28)11-15-34-25-7-4-6-24-23(25)18-22(32-2)19-30-24/h4-8,16,18-19,21,29H,3,9-15,17,20H2,1-2H3/t21-,28-/m0/s1. The summed E-state index contributed by atoms with van der Waals surface area (Å²) in [6.07, 6.45) is 6.12. The third kappa shape index (κ3) is 6.93. The van der Waals surface area contributed by atoms with Crippen LogP contribution in [0.2, 0.25) is 0 Å². The number of aromatic nitrogens is 1. The predicted octanol–water partition coefficient (Wildman–Crippen LogP) is 6.20. The van der Waals surface area contributed by atoms with E-state index in [-0.39, 0.29) is 11.4 Å². The first kappa shape index (κ1) is 26.8. The fraction of sp³-hybridized carbons (Fsp3) is 0.500. The summed E-state index contributed by atoms with van der Waals surface area (Å²) >= 11 is 3.70. The van der Waals surface area contributed by atoms with Crippen molar-refractivity contribution in [1.82, 2.24) is 10.3 Å². The lowest BCUT2D eigenvalue weighted by Gasteiger charge is -2.45. The van der Waals surface area contributed by atoms with Crippen molar-refractivity contribution in [1.29, 1.82) is 0 Å². The van der Waals surface area contributed by atoms with Gasteiger partial charge in [0, 0.05) is 18.4 Å². The van der Waals surface area contributed by atoms with E-state index < -0.39 is 0 Å². The number of rotatable bonds is 13. The van der Waals surface area contributed by atoms with Gasteiger partial charge in [0.15, 0.2) is 0 Å². The highest BCUT2D eigenvalue weighted by Crippen LogP contribution is 2.44. The Labute approximate surface area is 222 Å². The van der Waals surface area contributed by atoms with Crippen molar-refractivity contribution >= 4 is 40.0 Å². The summed E-state index contributed by atoms with van der Waals surface area (Å²) in [4.78, 5) is 16.8. The number of nitrogens with one attached hydrogen (secondary N) is 1. The van der Waals surface area contributed by atoms with E-state index in [1.165, 1.54) is 4.21 Å². The summed E-state index contributed by atoms with van der Waals surface area (Å²) in [6, 6.07) is 12.2. The number of carbonyl (C=O) groups excluding carboxylic acids is 1. The molecule has 0 spiro atoms. The molecule has 2 aromatic heterocycles. The molecule has 6 nitrogen and oxygen atoms in total. The second-order valence-electron chi connectivity index (χ2n) is 9.20. The second-order valence-corrected chi connectivity index (χ2v) is 11.5. The van der Waals surface area contributed by atoms with Crippen molar-refractivity contribution in [2.75, 3.05) is 39.2 Å². The molecule has 1 saturated heterocycles. The smallest absolute Gasteiger partial charge is 0.305 e. The van der Waals surface area contributed by atoms with E-state index in [1.807, 2.05) is 43.0 Å². The van der Waals surface area contributed by atoms with Crippen LogP contribution < -0.4 is 14.8 Å². The molecule has 2 atom stereocenters. The molecule has 0 radical (unpaired) electrons. The Morgan fingerprint density at radius 1 is 1.28 bits per heavy atom. The Bertz CT molecular complexity index is 1110. The van der Waals surface area contributed by atoms with Crippen LogP contribution in [-0.2, 0) is 9.53 Å². The van der Waals surface area contributed by atoms with Crippen LogP contribution in [0.4, 0.5) is 0 Å². The van der Waals surface area contributed by atoms with Crippen LogP contribution in [0.25, 0.3) is 10.9 Å². The van der Waals surface area contributed by atoms with Crippen molar-refractivity contribution in [3.8, 4) is 11.5 Å². The third-order valence-electron chi connectivity index (χ3n) is 7.10. The molecule has 36 heavy (non-hydrogen) atoms. The molecule has 4 rings (SSSR count). The number of hydrogen-bond acceptors (Lipinski definition) is 8. The number of carbonyl (C=O) groups is 1. The monoisotopic (exact) mass is 528 g/mol. The van der Waals surface area contributed by atoms with Gasteiger partial charge in [0.25, 0.3) is 0 Å². The molecule has 3 heterocycles. The zero-order valence-electron chi connectivity index (χ0n) is 21.2. The zero-order valence-corrected chi connectivity index (χ0v) is 22.8. The number of piperidine rings is 1. The van der Waals surface area contributed by atoms with Crippen molar-refractivity contribution in [2.24, 2.45) is 11.3 Å². The Morgan fingerprint density at radius 2 is 2.19 bits per heavy atom. The zero-order chi connectivity index (χ0) is 25.2. The summed E-state index contributed by atoms with van der Waals surface area (Å²) in [5, 5.41) is 6.71. The van der Waals surface area contributed by atoms with Crippen LogP contribution in [0.3, 0.4) is 0 Å². The molecular weight excluding hydrogens is 492 g/mol. The highest BCUT2D eigenvalue weighted by molar-refractivity contribution is 8.01. The van der Waals surface area contributed by atoms with Crippen LogP contribution in [0.5, 0.6) is 11.5 Å². The van der Waals surface area contributed by atoms with E-state index in [0.29, 0.717) is 25.6 Å². The summed E-state index contributed by atoms with van der Waals surface area (Å²) < 4.78 is 18.3. The first-order chi connectivity index (χ1) is 17.6. The van der Waals surface area contributed by atoms with Crippen LogP contribution in [0, 0.1) is 11.3 Å². The molecule has 1 aliphatic rings. The average Bonchev–Trinajstić information content (AvgIpc) is 3.42. The molecule has 1 aliphatic heterocycles. The maximum atomic E-state index is 12.3. The lowest BCUT2D eigenvalue weighted by molar-refractivity contribution is -0.144. The Morgan fingerprint density at radius 3 is 3.00 bits per heavy atom. The van der Waals surface area contributed by atoms with Gasteiger partial charge >= 0.3 is 5.97 Å². The number of pyridine rings is 1. The summed E-state index contributed by atoms with van der Waals surface area (Å²) in [7, 11) is 1.65. The first-order valence-corrected chi connectivity index (χ1v) is 14.6. The van der Waals surface area contributed by atoms with Crippen molar-refractivity contribution in [2.45, 2.75) is 43.2 Å². The number of fused-ring (bicyclic) bond motifs is 1. The van der Waals surface area contributed by atoms with Gasteiger partial charge in [0.1, 0.15) is 11.5 Å². The average molecular weight is 529 g/mol. The Kier molecular flexibility index (Phi) is 9.90. The van der Waals surface area contributed by atoms with Crippen LogP contribution in [0.15, 0.2) is 52.2 Å². The molecule has 1 fully saturated rings. The first-order valence-electron chi connectivity index (χ1n) is 12.7. The minimum atomic E-state index is -0.0967. The molecule has 3 aromatic rings. The summed E-state index contributed by atoms with van der Waals surface area (Å²) in [5.41, 5.74) is 0.937. The molecule has 0 unspecified atom stereocenters. The predicted molar refractivity (Wildman–Crippen MR) is 147 cm³/mol. The number of ether oxygens (including phenoxy) is 3. The van der Waals surface area contributed by atoms with E-state index in [1.54, 1.807) is 24.6 Å². The van der Waals surface area contributed by atoms with Crippen molar-refractivity contribution in [3.05, 3.63) is 48.0 Å². The maximum Gasteiger partial charge on any atom is 0.305 e. The molecule has 0 saturated carbocycles. The Hall–Kier alpha value is -2.29. The highest BCUT2D eigenvalue weighted by atomic mass is 32.2. The molecule has 1 aromatic carbocycles. The van der Waals surface area contributed by atoms with Crippen LogP contribution >= 0.6 is 23.1 Å². The molecule has 8 heteroatoms. The number of benzene rings is 1. The van der Waals surface area contributed by atoms with Gasteiger partial charge in [-0.3, -0.25) is 9.78 Å². The van der Waals surface area contributed by atoms with E-state index in [0.717, 1.165) is 66.9 Å². The van der Waals surface area contributed by atoms with E-state index >= 15 is 0 Å². The summed E-state index contributed by atoms with van der Waals surface area (Å²) in [5.74, 6) is 2.97. The maximum absolute atomic E-state index is 12.3. The highest BCUT2D eigenvalue weighted by Gasteiger charge is 2.40. The molecule has 0 amide bonds. The number of thiophene rings is 1. The Balaban J connectivity index is 1.44. The van der Waals surface area contributed by atoms with Crippen LogP contribution in [0.1, 0.15) is 39.0 Å². The van der Waals surface area contributed by atoms with Gasteiger partial charge in [0.05, 0.1) is 36.2 Å². The van der Waals surface area contributed by atoms with Crippen molar-refractivity contribution in [3.63, 3.8) is 0 Å². The number of esters is 1. The quantitative estimate of drug-likeness (QED) is 0.209. The van der Waals surface area contributed by atoms with Crippen LogP contribution in [-0.4, -0.2) is 50.1 Å². The number of thioether (sulfide) groups is 1. The van der Waals surface area contributed by atoms with Gasteiger partial charge < -0.3 is 19.5 Å². The van der Waals surface area contributed by atoms with Gasteiger partial charge in [-0.25, -0.2) is 0 Å². The lowest BCUT2D eigenvalue weighted by Crippen LogP contribution is -2.47. The van der Waals surface area contributed by atoms with Gasteiger partial charge in [0.2, 0.25) is 0 Å². The third-order valence-corrected chi connectivity index (χ3v) is 9.24. The minimum Gasteiger partial charge on any atom is -0.495 e. The molecule has 0 aliphatic carbocycles. The molecule has 1 N–H and O–H groups in total. The normalized spacial score (nSPS) is 19.8. The van der Waals surface area contributed by atoms with Gasteiger partial charge in [-0.05, 0) is 85.9 Å². The number of hydrogen-bond donors (Lipinski definition) is 1. The molecule has 0 bridgehead atoms. The van der Waals surface area contributed by atoms with Gasteiger partial charge in [-0.15, -0.1) is 23.1 Å². The SMILES string of the molecule is CCOC(=O)CC[C@]1(CCSc2cccs2)CNCC[C@H]1CCOc1cccc2ncc(OC)cc12. The minimum absolute atomic E-state index is 0.0438. The topological polar surface area (TPSA) is 69.7 Å². The lowest BCUT2D eigenvalue weighted by atomic mass is 9.66. The molecular formula is C28H36N2O4S2. The van der Waals surface area contributed by atoms with Gasteiger partial charge in [-0.2, -0.15) is 0 Å². The van der Waals surface area contributed by atoms with E-state index in [2.05, 4.69) is 27.8 Å². The fourth-order valence-electron chi connectivity index (χ4n) is 5.16. The largest absolute Gasteiger partial charge is 0.495 e. The van der Waals surface area contributed by atoms with E-state index in [9.17, 15) is 4.79 Å². The molecule has 194 valence electrons. The van der Waals surface area contributed by atoms with E-state index in [4.69, 9.17) is 14.2 Å². The van der Waals surface area contributed by atoms with Gasteiger partial charge in [-0.1, -0.05) is 12.1 Å². The number of methoxy groups -OCH3 is 1.